The van der Waals surface area contributed by atoms with Gasteiger partial charge in [0, 0.05) is 37.4 Å². The van der Waals surface area contributed by atoms with Crippen molar-refractivity contribution in [1.82, 2.24) is 14.7 Å². The largest absolute Gasteiger partial charge is 0.329 e. The lowest BCUT2D eigenvalue weighted by Crippen LogP contribution is -2.54. The number of hydrogen-bond donors (Lipinski definition) is 1. The first-order valence-corrected chi connectivity index (χ1v) is 8.46. The Balaban J connectivity index is 1.66. The van der Waals surface area contributed by atoms with Crippen molar-refractivity contribution in [3.8, 4) is 0 Å². The Morgan fingerprint density at radius 1 is 1.19 bits per heavy atom. The van der Waals surface area contributed by atoms with Gasteiger partial charge in [-0.25, -0.2) is 0 Å². The van der Waals surface area contributed by atoms with Crippen LogP contribution < -0.4 is 5.73 Å². The highest BCUT2D eigenvalue weighted by Gasteiger charge is 2.45. The first kappa shape index (κ1) is 15.0. The van der Waals surface area contributed by atoms with Crippen molar-refractivity contribution in [1.29, 1.82) is 0 Å². The van der Waals surface area contributed by atoms with Crippen LogP contribution in [0.1, 0.15) is 56.9 Å². The van der Waals surface area contributed by atoms with Crippen LogP contribution in [0.2, 0.25) is 0 Å². The highest BCUT2D eigenvalue weighted by molar-refractivity contribution is 5.07. The highest BCUT2D eigenvalue weighted by atomic mass is 15.2. The standard InChI is InChI=1S/C17H30N4/c1-20(12-15-11-19-21(2)13-15)17(14-18)9-7-16(8-10-17)5-3-4-6-16/h11,13H,3-10,12,14,18H2,1-2H3. The molecular weight excluding hydrogens is 260 g/mol. The Bertz CT molecular complexity index is 463. The van der Waals surface area contributed by atoms with Crippen LogP contribution in [0.4, 0.5) is 0 Å². The van der Waals surface area contributed by atoms with Crippen LogP contribution in [0.15, 0.2) is 12.4 Å². The number of aryl methyl sites for hydroxylation is 1. The van der Waals surface area contributed by atoms with Crippen LogP contribution in [-0.2, 0) is 13.6 Å². The zero-order valence-corrected chi connectivity index (χ0v) is 13.6. The summed E-state index contributed by atoms with van der Waals surface area (Å²) >= 11 is 0. The van der Waals surface area contributed by atoms with Crippen LogP contribution in [0, 0.1) is 5.41 Å². The summed E-state index contributed by atoms with van der Waals surface area (Å²) in [6, 6.07) is 0. The molecule has 1 aromatic heterocycles. The third-order valence-corrected chi connectivity index (χ3v) is 6.27. The van der Waals surface area contributed by atoms with Crippen molar-refractivity contribution >= 4 is 0 Å². The van der Waals surface area contributed by atoms with E-state index in [1.54, 1.807) is 0 Å². The maximum absolute atomic E-state index is 6.22. The molecule has 0 radical (unpaired) electrons. The molecule has 118 valence electrons. The third kappa shape index (κ3) is 2.88. The van der Waals surface area contributed by atoms with E-state index in [9.17, 15) is 0 Å². The van der Waals surface area contributed by atoms with Crippen molar-refractivity contribution in [2.45, 2.75) is 63.5 Å². The Labute approximate surface area is 128 Å². The lowest BCUT2D eigenvalue weighted by Gasteiger charge is -2.49. The molecule has 21 heavy (non-hydrogen) atoms. The monoisotopic (exact) mass is 290 g/mol. The summed E-state index contributed by atoms with van der Waals surface area (Å²) in [7, 11) is 4.22. The second-order valence-corrected chi connectivity index (χ2v) is 7.51. The van der Waals surface area contributed by atoms with E-state index in [0.717, 1.165) is 13.1 Å². The Kier molecular flexibility index (Phi) is 4.10. The fourth-order valence-electron chi connectivity index (χ4n) is 4.61. The molecule has 2 aliphatic rings. The van der Waals surface area contributed by atoms with Crippen LogP contribution >= 0.6 is 0 Å². The second kappa shape index (κ2) is 5.73. The lowest BCUT2D eigenvalue weighted by molar-refractivity contribution is 0.0258. The predicted octanol–water partition coefficient (Wildman–Crippen LogP) is 2.68. The van der Waals surface area contributed by atoms with Gasteiger partial charge in [-0.3, -0.25) is 9.58 Å². The Morgan fingerprint density at radius 2 is 1.86 bits per heavy atom. The molecule has 2 fully saturated rings. The van der Waals surface area contributed by atoms with Crippen molar-refractivity contribution in [3.05, 3.63) is 18.0 Å². The number of nitrogens with two attached hydrogens (primary N) is 1. The molecule has 0 aromatic carbocycles. The normalized spacial score (nSPS) is 24.0. The van der Waals surface area contributed by atoms with Gasteiger partial charge in [-0.15, -0.1) is 0 Å². The molecule has 0 amide bonds. The van der Waals surface area contributed by atoms with Crippen LogP contribution in [0.3, 0.4) is 0 Å². The molecule has 0 aliphatic heterocycles. The first-order valence-electron chi connectivity index (χ1n) is 8.46. The number of aromatic nitrogens is 2. The summed E-state index contributed by atoms with van der Waals surface area (Å²) < 4.78 is 1.88. The minimum Gasteiger partial charge on any atom is -0.329 e. The van der Waals surface area contributed by atoms with E-state index in [2.05, 4.69) is 23.2 Å². The molecule has 1 heterocycles. The van der Waals surface area contributed by atoms with E-state index >= 15 is 0 Å². The molecule has 2 saturated carbocycles. The number of likely N-dealkylation sites (N-methyl/N-ethyl adjacent to an activating group) is 1. The average Bonchev–Trinajstić information content (AvgIpc) is 3.10. The van der Waals surface area contributed by atoms with Gasteiger partial charge in [0.15, 0.2) is 0 Å². The predicted molar refractivity (Wildman–Crippen MR) is 85.8 cm³/mol. The molecular formula is C17H30N4. The molecule has 4 nitrogen and oxygen atoms in total. The summed E-state index contributed by atoms with van der Waals surface area (Å²) in [5.41, 5.74) is 8.38. The summed E-state index contributed by atoms with van der Waals surface area (Å²) in [6.07, 6.45) is 15.2. The fraction of sp³-hybridized carbons (Fsp3) is 0.824. The summed E-state index contributed by atoms with van der Waals surface area (Å²) in [5.74, 6) is 0. The first-order chi connectivity index (χ1) is 10.1. The minimum atomic E-state index is 0.198. The van der Waals surface area contributed by atoms with E-state index in [0.29, 0.717) is 5.41 Å². The van der Waals surface area contributed by atoms with Gasteiger partial charge in [0.2, 0.25) is 0 Å². The molecule has 4 heteroatoms. The van der Waals surface area contributed by atoms with Gasteiger partial charge in [-0.1, -0.05) is 12.8 Å². The molecule has 0 bridgehead atoms. The molecule has 1 aromatic rings. The van der Waals surface area contributed by atoms with Crippen molar-refractivity contribution in [2.75, 3.05) is 13.6 Å². The van der Waals surface area contributed by atoms with E-state index in [1.165, 1.54) is 56.9 Å². The number of nitrogens with zero attached hydrogens (tertiary/aromatic N) is 3. The van der Waals surface area contributed by atoms with Crippen LogP contribution in [-0.4, -0.2) is 33.8 Å². The number of rotatable bonds is 4. The quantitative estimate of drug-likeness (QED) is 0.927. The SMILES string of the molecule is CN(Cc1cnn(C)c1)C1(CN)CCC2(CCCC2)CC1. The third-order valence-electron chi connectivity index (χ3n) is 6.27. The van der Waals surface area contributed by atoms with E-state index in [4.69, 9.17) is 5.73 Å². The molecule has 3 rings (SSSR count). The van der Waals surface area contributed by atoms with E-state index < -0.39 is 0 Å². The zero-order valence-electron chi connectivity index (χ0n) is 13.6. The van der Waals surface area contributed by atoms with Gasteiger partial charge in [0.05, 0.1) is 6.20 Å². The van der Waals surface area contributed by atoms with Gasteiger partial charge in [-0.05, 0) is 51.0 Å². The second-order valence-electron chi connectivity index (χ2n) is 7.51. The van der Waals surface area contributed by atoms with Crippen LogP contribution in [0.25, 0.3) is 0 Å². The molecule has 1 spiro atoms. The van der Waals surface area contributed by atoms with Crippen molar-refractivity contribution in [2.24, 2.45) is 18.2 Å². The number of hydrogen-bond acceptors (Lipinski definition) is 3. The molecule has 0 saturated heterocycles. The maximum Gasteiger partial charge on any atom is 0.0534 e. The molecule has 0 atom stereocenters. The summed E-state index contributed by atoms with van der Waals surface area (Å²) in [5, 5.41) is 4.28. The Hall–Kier alpha value is -0.870. The lowest BCUT2D eigenvalue weighted by atomic mass is 9.66. The van der Waals surface area contributed by atoms with Crippen LogP contribution in [0.5, 0.6) is 0 Å². The van der Waals surface area contributed by atoms with Crippen molar-refractivity contribution < 1.29 is 0 Å². The Morgan fingerprint density at radius 3 is 2.38 bits per heavy atom. The topological polar surface area (TPSA) is 47.1 Å². The van der Waals surface area contributed by atoms with Gasteiger partial charge < -0.3 is 5.73 Å². The maximum atomic E-state index is 6.22. The van der Waals surface area contributed by atoms with Gasteiger partial charge in [0.25, 0.3) is 0 Å². The zero-order chi connectivity index (χ0) is 14.9. The van der Waals surface area contributed by atoms with Crippen molar-refractivity contribution in [3.63, 3.8) is 0 Å². The van der Waals surface area contributed by atoms with Gasteiger partial charge in [-0.2, -0.15) is 5.10 Å². The smallest absolute Gasteiger partial charge is 0.0534 e. The summed E-state index contributed by atoms with van der Waals surface area (Å²) in [4.78, 5) is 2.49. The molecule has 2 aliphatic carbocycles. The van der Waals surface area contributed by atoms with E-state index in [-0.39, 0.29) is 5.54 Å². The highest BCUT2D eigenvalue weighted by Crippen LogP contribution is 2.52. The van der Waals surface area contributed by atoms with Gasteiger partial charge in [0.1, 0.15) is 0 Å². The van der Waals surface area contributed by atoms with E-state index in [1.807, 2.05) is 17.9 Å². The molecule has 2 N–H and O–H groups in total. The minimum absolute atomic E-state index is 0.198. The molecule has 0 unspecified atom stereocenters. The summed E-state index contributed by atoms with van der Waals surface area (Å²) in [6.45, 7) is 1.73. The van der Waals surface area contributed by atoms with Gasteiger partial charge >= 0.3 is 0 Å². The average molecular weight is 290 g/mol. The fourth-order valence-corrected chi connectivity index (χ4v) is 4.61.